The van der Waals surface area contributed by atoms with Gasteiger partial charge >= 0.3 is 6.09 Å². The Balaban J connectivity index is 2.25. The van der Waals surface area contributed by atoms with Gasteiger partial charge in [0.15, 0.2) is 0 Å². The van der Waals surface area contributed by atoms with Crippen molar-refractivity contribution in [1.29, 1.82) is 0 Å². The predicted octanol–water partition coefficient (Wildman–Crippen LogP) is 1.85. The smallest absolute Gasteiger partial charge is 0.407 e. The van der Waals surface area contributed by atoms with Gasteiger partial charge in [0.25, 0.3) is 0 Å². The van der Waals surface area contributed by atoms with Crippen LogP contribution in [0.2, 0.25) is 0 Å². The van der Waals surface area contributed by atoms with Gasteiger partial charge in [-0.1, -0.05) is 0 Å². The van der Waals surface area contributed by atoms with Crippen molar-refractivity contribution in [2.45, 2.75) is 38.0 Å². The first-order valence-corrected chi connectivity index (χ1v) is 8.15. The number of likely N-dealkylation sites (N-methyl/N-ethyl adjacent to an activating group) is 1. The van der Waals surface area contributed by atoms with E-state index >= 15 is 0 Å². The molecule has 1 aliphatic rings. The summed E-state index contributed by atoms with van der Waals surface area (Å²) in [6.07, 6.45) is 1.57. The van der Waals surface area contributed by atoms with Crippen LogP contribution >= 0.6 is 15.9 Å². The van der Waals surface area contributed by atoms with E-state index in [2.05, 4.69) is 25.9 Å². The largest absolute Gasteiger partial charge is 0.465 e. The van der Waals surface area contributed by atoms with Crippen LogP contribution in [0.4, 0.5) is 4.79 Å². The van der Waals surface area contributed by atoms with Gasteiger partial charge in [-0.3, -0.25) is 9.69 Å². The molecule has 1 saturated heterocycles. The maximum absolute atomic E-state index is 13.0. The number of aromatic amines is 1. The first kappa shape index (κ1) is 17.7. The van der Waals surface area contributed by atoms with Crippen molar-refractivity contribution in [2.75, 3.05) is 20.7 Å². The van der Waals surface area contributed by atoms with Gasteiger partial charge in [0, 0.05) is 20.7 Å². The molecule has 9 heteroatoms. The zero-order chi connectivity index (χ0) is 17.1. The van der Waals surface area contributed by atoms with E-state index in [-0.39, 0.29) is 11.9 Å². The standard InChI is InChI=1S/C14H21BrN4O4/c1-8(23-3)11(18(2)14(21)22)13(20)19-6-4-5-9(19)12-16-7-10(15)17-12/h7-9,11H,4-6H2,1-3H3,(H,16,17)(H,21,22)/t8-,9+,11+/m1/s1. The van der Waals surface area contributed by atoms with Crippen molar-refractivity contribution < 1.29 is 19.4 Å². The summed E-state index contributed by atoms with van der Waals surface area (Å²) in [5.41, 5.74) is 0. The average molecular weight is 389 g/mol. The second-order valence-corrected chi connectivity index (χ2v) is 6.44. The normalized spacial score (nSPS) is 20.3. The first-order chi connectivity index (χ1) is 10.9. The third-order valence-electron chi connectivity index (χ3n) is 4.20. The summed E-state index contributed by atoms with van der Waals surface area (Å²) in [4.78, 5) is 34.3. The Morgan fingerprint density at radius 2 is 2.30 bits per heavy atom. The van der Waals surface area contributed by atoms with Crippen LogP contribution in [-0.4, -0.2) is 69.7 Å². The minimum absolute atomic E-state index is 0.178. The highest BCUT2D eigenvalue weighted by Crippen LogP contribution is 2.32. The van der Waals surface area contributed by atoms with E-state index < -0.39 is 18.2 Å². The summed E-state index contributed by atoms with van der Waals surface area (Å²) < 4.78 is 5.97. The zero-order valence-electron chi connectivity index (χ0n) is 13.3. The average Bonchev–Trinajstić information content (AvgIpc) is 3.15. The van der Waals surface area contributed by atoms with Gasteiger partial charge in [-0.25, -0.2) is 9.78 Å². The Morgan fingerprint density at radius 1 is 1.61 bits per heavy atom. The van der Waals surface area contributed by atoms with E-state index in [1.54, 1.807) is 18.0 Å². The zero-order valence-corrected chi connectivity index (χ0v) is 14.9. The third-order valence-corrected chi connectivity index (χ3v) is 4.61. The lowest BCUT2D eigenvalue weighted by atomic mass is 10.1. The Bertz CT molecular complexity index is 579. The van der Waals surface area contributed by atoms with Crippen LogP contribution in [0.5, 0.6) is 0 Å². The molecule has 0 aromatic carbocycles. The molecule has 1 aromatic heterocycles. The van der Waals surface area contributed by atoms with E-state index in [4.69, 9.17) is 4.74 Å². The lowest BCUT2D eigenvalue weighted by Gasteiger charge is -2.34. The second kappa shape index (κ2) is 7.31. The molecule has 1 aliphatic heterocycles. The molecule has 2 N–H and O–H groups in total. The Morgan fingerprint density at radius 3 is 2.83 bits per heavy atom. The number of hydrogen-bond acceptors (Lipinski definition) is 4. The van der Waals surface area contributed by atoms with Gasteiger partial charge in [0.05, 0.1) is 18.3 Å². The van der Waals surface area contributed by atoms with Crippen molar-refractivity contribution in [3.8, 4) is 0 Å². The fraction of sp³-hybridized carbons (Fsp3) is 0.643. The number of aromatic nitrogens is 2. The monoisotopic (exact) mass is 388 g/mol. The molecule has 0 unspecified atom stereocenters. The highest BCUT2D eigenvalue weighted by Gasteiger charge is 2.40. The molecule has 0 spiro atoms. The fourth-order valence-corrected chi connectivity index (χ4v) is 3.20. The predicted molar refractivity (Wildman–Crippen MR) is 86.0 cm³/mol. The van der Waals surface area contributed by atoms with Crippen molar-refractivity contribution in [2.24, 2.45) is 0 Å². The molecule has 0 bridgehead atoms. The maximum atomic E-state index is 13.0. The number of hydrogen-bond donors (Lipinski definition) is 2. The number of carboxylic acid groups (broad SMARTS) is 1. The van der Waals surface area contributed by atoms with Crippen molar-refractivity contribution >= 4 is 27.9 Å². The van der Waals surface area contributed by atoms with Crippen molar-refractivity contribution in [3.63, 3.8) is 0 Å². The van der Waals surface area contributed by atoms with Gasteiger partial charge in [0.2, 0.25) is 5.91 Å². The highest BCUT2D eigenvalue weighted by atomic mass is 79.9. The molecule has 128 valence electrons. The van der Waals surface area contributed by atoms with Crippen LogP contribution in [0.15, 0.2) is 10.8 Å². The molecular formula is C14H21BrN4O4. The molecular weight excluding hydrogens is 368 g/mol. The lowest BCUT2D eigenvalue weighted by Crippen LogP contribution is -2.54. The number of nitrogens with one attached hydrogen (secondary N) is 1. The summed E-state index contributed by atoms with van der Waals surface area (Å²) >= 11 is 3.31. The number of likely N-dealkylation sites (tertiary alicyclic amines) is 1. The first-order valence-electron chi connectivity index (χ1n) is 7.36. The molecule has 2 heterocycles. The number of amides is 2. The van der Waals surface area contributed by atoms with Crippen LogP contribution in [-0.2, 0) is 9.53 Å². The van der Waals surface area contributed by atoms with Crippen molar-refractivity contribution in [1.82, 2.24) is 19.8 Å². The van der Waals surface area contributed by atoms with Crippen LogP contribution in [0, 0.1) is 0 Å². The lowest BCUT2D eigenvalue weighted by molar-refractivity contribution is -0.141. The molecule has 2 rings (SSSR count). The van der Waals surface area contributed by atoms with E-state index in [1.807, 2.05) is 0 Å². The van der Waals surface area contributed by atoms with E-state index in [1.165, 1.54) is 14.2 Å². The number of rotatable bonds is 5. The summed E-state index contributed by atoms with van der Waals surface area (Å²) in [5, 5.41) is 9.25. The molecule has 0 aliphatic carbocycles. The quantitative estimate of drug-likeness (QED) is 0.801. The summed E-state index contributed by atoms with van der Waals surface area (Å²) in [6, 6.07) is -1.07. The van der Waals surface area contributed by atoms with Crippen molar-refractivity contribution in [3.05, 3.63) is 16.6 Å². The molecule has 0 saturated carbocycles. The van der Waals surface area contributed by atoms with Crippen LogP contribution in [0.25, 0.3) is 0 Å². The summed E-state index contributed by atoms with van der Waals surface area (Å²) in [7, 11) is 2.85. The molecule has 8 nitrogen and oxygen atoms in total. The third kappa shape index (κ3) is 3.66. The number of carbonyl (C=O) groups excluding carboxylic acids is 1. The molecule has 0 radical (unpaired) electrons. The van der Waals surface area contributed by atoms with E-state index in [9.17, 15) is 14.7 Å². The topological polar surface area (TPSA) is 98.8 Å². The molecule has 1 fully saturated rings. The number of ether oxygens (including phenoxy) is 1. The van der Waals surface area contributed by atoms with Gasteiger partial charge in [-0.05, 0) is 35.7 Å². The maximum Gasteiger partial charge on any atom is 0.407 e. The number of halogens is 1. The van der Waals surface area contributed by atoms with Crippen LogP contribution in [0.1, 0.15) is 31.6 Å². The minimum atomic E-state index is -1.16. The second-order valence-electron chi connectivity index (χ2n) is 5.59. The van der Waals surface area contributed by atoms with Gasteiger partial charge in [-0.2, -0.15) is 0 Å². The Kier molecular flexibility index (Phi) is 5.64. The number of H-pyrrole nitrogens is 1. The molecule has 1 aromatic rings. The molecule has 23 heavy (non-hydrogen) atoms. The summed E-state index contributed by atoms with van der Waals surface area (Å²) in [5.74, 6) is 0.434. The number of carbonyl (C=O) groups is 2. The Hall–Kier alpha value is -1.61. The van der Waals surface area contributed by atoms with Gasteiger partial charge in [-0.15, -0.1) is 0 Å². The fourth-order valence-electron chi connectivity index (χ4n) is 2.90. The minimum Gasteiger partial charge on any atom is -0.465 e. The SMILES string of the molecule is CO[C@H](C)[C@@H](C(=O)N1CCC[C@H]1c1ncc(Br)[nH]1)N(C)C(=O)O. The van der Waals surface area contributed by atoms with Gasteiger partial charge in [0.1, 0.15) is 16.5 Å². The number of imidazole rings is 1. The molecule has 2 amide bonds. The number of nitrogens with zero attached hydrogens (tertiary/aromatic N) is 3. The highest BCUT2D eigenvalue weighted by molar-refractivity contribution is 9.10. The van der Waals surface area contributed by atoms with E-state index in [0.717, 1.165) is 22.3 Å². The molecule has 3 atom stereocenters. The van der Waals surface area contributed by atoms with Crippen LogP contribution < -0.4 is 0 Å². The number of methoxy groups -OCH3 is 1. The van der Waals surface area contributed by atoms with Crippen LogP contribution in [0.3, 0.4) is 0 Å². The van der Waals surface area contributed by atoms with Gasteiger partial charge < -0.3 is 19.7 Å². The van der Waals surface area contributed by atoms with E-state index in [0.29, 0.717) is 12.4 Å². The summed E-state index contributed by atoms with van der Waals surface area (Å²) in [6.45, 7) is 2.26. The Labute approximate surface area is 142 Å².